The second-order valence-corrected chi connectivity index (χ2v) is 5.61. The minimum absolute atomic E-state index is 0.0147. The van der Waals surface area contributed by atoms with Crippen LogP contribution in [0.4, 0.5) is 0 Å². The number of nitriles is 1. The summed E-state index contributed by atoms with van der Waals surface area (Å²) in [6.45, 7) is 1.17. The summed E-state index contributed by atoms with van der Waals surface area (Å²) in [6.07, 6.45) is 2.01. The average molecular weight is 316 g/mol. The largest absolute Gasteiger partial charge is 0.508 e. The molecule has 0 bridgehead atoms. The van der Waals surface area contributed by atoms with Crippen molar-refractivity contribution in [3.05, 3.63) is 41.6 Å². The van der Waals surface area contributed by atoms with E-state index in [9.17, 15) is 9.90 Å². The number of hydrogen-bond donors (Lipinski definition) is 3. The molecule has 7 heteroatoms. The van der Waals surface area contributed by atoms with Gasteiger partial charge in [0.05, 0.1) is 6.54 Å². The molecular weight excluding hydrogens is 300 g/mol. The molecule has 1 aromatic carbocycles. The molecule has 1 aliphatic rings. The van der Waals surface area contributed by atoms with Crippen molar-refractivity contribution >= 4 is 22.8 Å². The molecule has 0 saturated carbocycles. The second-order valence-electron chi connectivity index (χ2n) is 4.52. The number of phenolic OH excluding ortho intramolecular Hbond substituents is 1. The Kier molecular flexibility index (Phi) is 5.86. The van der Waals surface area contributed by atoms with E-state index in [4.69, 9.17) is 5.26 Å². The number of phenols is 1. The molecule has 1 aliphatic heterocycles. The highest BCUT2D eigenvalue weighted by molar-refractivity contribution is 8.14. The van der Waals surface area contributed by atoms with Crippen LogP contribution in [0.15, 0.2) is 41.0 Å². The van der Waals surface area contributed by atoms with Gasteiger partial charge in [0, 0.05) is 18.5 Å². The van der Waals surface area contributed by atoms with E-state index in [-0.39, 0.29) is 11.3 Å². The summed E-state index contributed by atoms with van der Waals surface area (Å²) in [4.78, 5) is 16.1. The predicted molar refractivity (Wildman–Crippen MR) is 86.4 cm³/mol. The van der Waals surface area contributed by atoms with Gasteiger partial charge >= 0.3 is 0 Å². The molecule has 0 unspecified atom stereocenters. The average Bonchev–Trinajstić information content (AvgIpc) is 3.03. The lowest BCUT2D eigenvalue weighted by Crippen LogP contribution is -2.28. The molecule has 0 aromatic heterocycles. The van der Waals surface area contributed by atoms with Gasteiger partial charge in [0.25, 0.3) is 5.91 Å². The zero-order valence-electron chi connectivity index (χ0n) is 11.9. The van der Waals surface area contributed by atoms with Gasteiger partial charge in [-0.05, 0) is 24.1 Å². The lowest BCUT2D eigenvalue weighted by molar-refractivity contribution is -0.117. The van der Waals surface area contributed by atoms with Crippen molar-refractivity contribution in [2.45, 2.75) is 6.42 Å². The fourth-order valence-electron chi connectivity index (χ4n) is 1.78. The van der Waals surface area contributed by atoms with E-state index in [1.165, 1.54) is 6.20 Å². The zero-order chi connectivity index (χ0) is 15.8. The third-order valence-corrected chi connectivity index (χ3v) is 3.83. The van der Waals surface area contributed by atoms with Crippen LogP contribution < -0.4 is 10.6 Å². The standard InChI is InChI=1S/C15H16N4O2S/c16-9-12(10-19-15-18-7-8-22-15)14(21)17-6-5-11-1-3-13(20)4-2-11/h1-4,10,20H,5-8H2,(H,17,21)(H,18,19)/b12-10-. The van der Waals surface area contributed by atoms with Gasteiger partial charge in [0.2, 0.25) is 0 Å². The van der Waals surface area contributed by atoms with Gasteiger partial charge < -0.3 is 15.7 Å². The van der Waals surface area contributed by atoms with Crippen LogP contribution in [-0.2, 0) is 11.2 Å². The Morgan fingerprint density at radius 3 is 2.86 bits per heavy atom. The summed E-state index contributed by atoms with van der Waals surface area (Å²) in [6, 6.07) is 8.65. The molecule has 0 saturated heterocycles. The first-order valence-electron chi connectivity index (χ1n) is 6.79. The molecule has 6 nitrogen and oxygen atoms in total. The Morgan fingerprint density at radius 1 is 1.45 bits per heavy atom. The van der Waals surface area contributed by atoms with E-state index in [1.54, 1.807) is 36.0 Å². The summed E-state index contributed by atoms with van der Waals surface area (Å²) in [5, 5.41) is 24.5. The monoisotopic (exact) mass is 316 g/mol. The zero-order valence-corrected chi connectivity index (χ0v) is 12.7. The first kappa shape index (κ1) is 15.9. The van der Waals surface area contributed by atoms with Crippen molar-refractivity contribution in [3.8, 4) is 11.8 Å². The molecule has 0 radical (unpaired) electrons. The minimum Gasteiger partial charge on any atom is -0.508 e. The molecule has 114 valence electrons. The molecule has 0 atom stereocenters. The van der Waals surface area contributed by atoms with Gasteiger partial charge in [0.15, 0.2) is 5.17 Å². The maximum absolute atomic E-state index is 11.9. The summed E-state index contributed by atoms with van der Waals surface area (Å²) < 4.78 is 0. The van der Waals surface area contributed by atoms with E-state index in [2.05, 4.69) is 15.6 Å². The number of aliphatic imine (C=N–C) groups is 1. The number of thioether (sulfide) groups is 1. The third-order valence-electron chi connectivity index (χ3n) is 2.93. The molecule has 2 rings (SSSR count). The molecule has 1 heterocycles. The Morgan fingerprint density at radius 2 is 2.23 bits per heavy atom. The fourth-order valence-corrected chi connectivity index (χ4v) is 2.48. The molecule has 0 aliphatic carbocycles. The number of amidine groups is 1. The topological polar surface area (TPSA) is 97.5 Å². The lowest BCUT2D eigenvalue weighted by atomic mass is 10.1. The van der Waals surface area contributed by atoms with Gasteiger partial charge in [-0.15, -0.1) is 0 Å². The van der Waals surface area contributed by atoms with Crippen molar-refractivity contribution < 1.29 is 9.90 Å². The maximum Gasteiger partial charge on any atom is 0.263 e. The highest BCUT2D eigenvalue weighted by Gasteiger charge is 2.10. The first-order chi connectivity index (χ1) is 10.7. The van der Waals surface area contributed by atoms with Crippen molar-refractivity contribution in [2.24, 2.45) is 4.99 Å². The number of amides is 1. The Labute approximate surface area is 132 Å². The smallest absolute Gasteiger partial charge is 0.263 e. The van der Waals surface area contributed by atoms with Crippen LogP contribution in [-0.4, -0.2) is 35.0 Å². The van der Waals surface area contributed by atoms with Crippen molar-refractivity contribution in [1.29, 1.82) is 5.26 Å². The summed E-state index contributed by atoms with van der Waals surface area (Å²) >= 11 is 1.56. The maximum atomic E-state index is 11.9. The molecule has 1 aromatic rings. The number of nitrogens with one attached hydrogen (secondary N) is 2. The molecule has 0 spiro atoms. The van der Waals surface area contributed by atoms with Gasteiger partial charge in [-0.3, -0.25) is 9.79 Å². The number of benzene rings is 1. The van der Waals surface area contributed by atoms with E-state index < -0.39 is 5.91 Å². The van der Waals surface area contributed by atoms with Crippen LogP contribution in [0.5, 0.6) is 5.75 Å². The van der Waals surface area contributed by atoms with E-state index in [0.29, 0.717) is 13.0 Å². The second kappa shape index (κ2) is 8.10. The molecule has 3 N–H and O–H groups in total. The predicted octanol–water partition coefficient (Wildman–Crippen LogP) is 1.15. The lowest BCUT2D eigenvalue weighted by Gasteiger charge is -2.05. The van der Waals surface area contributed by atoms with Crippen LogP contribution in [0.1, 0.15) is 5.56 Å². The minimum atomic E-state index is -0.419. The summed E-state index contributed by atoms with van der Waals surface area (Å²) in [5.41, 5.74) is 1.01. The number of hydrogen-bond acceptors (Lipinski definition) is 6. The fraction of sp³-hybridized carbons (Fsp3) is 0.267. The van der Waals surface area contributed by atoms with Gasteiger partial charge in [-0.1, -0.05) is 23.9 Å². The Bertz CT molecular complexity index is 632. The van der Waals surface area contributed by atoms with E-state index in [1.807, 2.05) is 6.07 Å². The van der Waals surface area contributed by atoms with Crippen LogP contribution in [0.3, 0.4) is 0 Å². The number of carbonyl (C=O) groups excluding carboxylic acids is 1. The van der Waals surface area contributed by atoms with Gasteiger partial charge in [-0.2, -0.15) is 5.26 Å². The van der Waals surface area contributed by atoms with E-state index in [0.717, 1.165) is 23.0 Å². The molecule has 1 amide bonds. The van der Waals surface area contributed by atoms with Gasteiger partial charge in [0.1, 0.15) is 17.4 Å². The molecular formula is C15H16N4O2S. The van der Waals surface area contributed by atoms with Crippen molar-refractivity contribution in [3.63, 3.8) is 0 Å². The van der Waals surface area contributed by atoms with Crippen molar-refractivity contribution in [2.75, 3.05) is 18.8 Å². The molecule has 22 heavy (non-hydrogen) atoms. The highest BCUT2D eigenvalue weighted by Crippen LogP contribution is 2.10. The summed E-state index contributed by atoms with van der Waals surface area (Å²) in [7, 11) is 0. The van der Waals surface area contributed by atoms with Crippen molar-refractivity contribution in [1.82, 2.24) is 10.6 Å². The van der Waals surface area contributed by atoms with Crippen LogP contribution in [0.2, 0.25) is 0 Å². The van der Waals surface area contributed by atoms with Crippen LogP contribution in [0, 0.1) is 11.3 Å². The normalized spacial score (nSPS) is 14.1. The Hall–Kier alpha value is -2.46. The van der Waals surface area contributed by atoms with Crippen LogP contribution in [0.25, 0.3) is 0 Å². The summed E-state index contributed by atoms with van der Waals surface area (Å²) in [5.74, 6) is 0.704. The SMILES string of the molecule is N#C/C(=C/NC1=NCCS1)C(=O)NCCc1ccc(O)cc1. The number of aromatic hydroxyl groups is 1. The number of carbonyl (C=O) groups is 1. The number of rotatable bonds is 5. The quantitative estimate of drug-likeness (QED) is 0.559. The van der Waals surface area contributed by atoms with E-state index >= 15 is 0 Å². The third kappa shape index (κ3) is 4.82. The Balaban J connectivity index is 1.80. The van der Waals surface area contributed by atoms with Crippen LogP contribution >= 0.6 is 11.8 Å². The molecule has 0 fully saturated rings. The van der Waals surface area contributed by atoms with Gasteiger partial charge in [-0.25, -0.2) is 0 Å². The first-order valence-corrected chi connectivity index (χ1v) is 7.78. The highest BCUT2D eigenvalue weighted by atomic mass is 32.2. The number of nitrogens with zero attached hydrogens (tertiary/aromatic N) is 2.